The maximum atomic E-state index is 10.9. The van der Waals surface area contributed by atoms with Crippen molar-refractivity contribution in [3.8, 4) is 0 Å². The first-order chi connectivity index (χ1) is 6.83. The van der Waals surface area contributed by atoms with E-state index in [4.69, 9.17) is 4.74 Å². The summed E-state index contributed by atoms with van der Waals surface area (Å²) in [6.07, 6.45) is 2.92. The van der Waals surface area contributed by atoms with Crippen LogP contribution in [0.1, 0.15) is 6.92 Å². The van der Waals surface area contributed by atoms with E-state index in [2.05, 4.69) is 5.32 Å². The van der Waals surface area contributed by atoms with Crippen LogP contribution in [-0.2, 0) is 9.53 Å². The number of nitrogens with one attached hydrogen (secondary N) is 1. The molecule has 0 spiro atoms. The Bertz CT molecular complexity index is 306. The Balaban J connectivity index is 2.37. The summed E-state index contributed by atoms with van der Waals surface area (Å²) in [5.41, 5.74) is 0.938. The lowest BCUT2D eigenvalue weighted by Gasteiger charge is -1.98. The van der Waals surface area contributed by atoms with Crippen molar-refractivity contribution in [2.75, 3.05) is 11.9 Å². The number of rotatable bonds is 4. The molecule has 1 rings (SSSR count). The standard InChI is InChI=1S/C11H13NO2/c1-2-14-11(13)8-9-12-10-6-4-3-5-7-10/h3-9,12H,2H2,1H3/b9-8-. The van der Waals surface area contributed by atoms with Gasteiger partial charge in [-0.05, 0) is 19.1 Å². The number of benzene rings is 1. The second-order valence-electron chi connectivity index (χ2n) is 2.60. The van der Waals surface area contributed by atoms with Crippen LogP contribution in [0.4, 0.5) is 5.69 Å². The van der Waals surface area contributed by atoms with Crippen LogP contribution >= 0.6 is 0 Å². The van der Waals surface area contributed by atoms with E-state index in [9.17, 15) is 4.79 Å². The van der Waals surface area contributed by atoms with E-state index in [-0.39, 0.29) is 5.97 Å². The van der Waals surface area contributed by atoms with Gasteiger partial charge in [-0.1, -0.05) is 18.2 Å². The second kappa shape index (κ2) is 5.80. The molecule has 0 saturated heterocycles. The predicted octanol–water partition coefficient (Wildman–Crippen LogP) is 2.18. The first kappa shape index (κ1) is 10.3. The molecule has 0 fully saturated rings. The van der Waals surface area contributed by atoms with Crippen molar-refractivity contribution >= 4 is 11.7 Å². The molecule has 0 aliphatic rings. The maximum absolute atomic E-state index is 10.9. The summed E-state index contributed by atoms with van der Waals surface area (Å²) in [4.78, 5) is 10.9. The average Bonchev–Trinajstić information content (AvgIpc) is 2.20. The molecule has 1 aromatic rings. The molecule has 0 aliphatic carbocycles. The van der Waals surface area contributed by atoms with Crippen molar-refractivity contribution in [2.24, 2.45) is 0 Å². The van der Waals surface area contributed by atoms with Crippen LogP contribution in [0.5, 0.6) is 0 Å². The zero-order valence-corrected chi connectivity index (χ0v) is 8.07. The number of hydrogen-bond acceptors (Lipinski definition) is 3. The topological polar surface area (TPSA) is 38.3 Å². The normalized spacial score (nSPS) is 10.1. The molecule has 3 heteroatoms. The lowest BCUT2D eigenvalue weighted by Crippen LogP contribution is -2.00. The van der Waals surface area contributed by atoms with Gasteiger partial charge in [0.25, 0.3) is 0 Å². The van der Waals surface area contributed by atoms with E-state index in [1.165, 1.54) is 6.08 Å². The summed E-state index contributed by atoms with van der Waals surface area (Å²) in [6, 6.07) is 9.59. The Morgan fingerprint density at radius 1 is 1.43 bits per heavy atom. The van der Waals surface area contributed by atoms with Gasteiger partial charge in [0.2, 0.25) is 0 Å². The Morgan fingerprint density at radius 2 is 2.14 bits per heavy atom. The molecular weight excluding hydrogens is 178 g/mol. The van der Waals surface area contributed by atoms with Crippen LogP contribution in [0.2, 0.25) is 0 Å². The van der Waals surface area contributed by atoms with E-state index in [1.54, 1.807) is 13.1 Å². The summed E-state index contributed by atoms with van der Waals surface area (Å²) < 4.78 is 4.71. The molecular formula is C11H13NO2. The molecule has 3 nitrogen and oxygen atoms in total. The lowest BCUT2D eigenvalue weighted by molar-refractivity contribution is -0.137. The fourth-order valence-electron chi connectivity index (χ4n) is 0.931. The maximum Gasteiger partial charge on any atom is 0.332 e. The highest BCUT2D eigenvalue weighted by atomic mass is 16.5. The third-order valence-electron chi connectivity index (χ3n) is 1.53. The fourth-order valence-corrected chi connectivity index (χ4v) is 0.931. The van der Waals surface area contributed by atoms with Crippen LogP contribution in [0, 0.1) is 0 Å². The number of hydrogen-bond donors (Lipinski definition) is 1. The average molecular weight is 191 g/mol. The molecule has 0 radical (unpaired) electrons. The van der Waals surface area contributed by atoms with E-state index >= 15 is 0 Å². The summed E-state index contributed by atoms with van der Waals surface area (Å²) in [7, 11) is 0. The van der Waals surface area contributed by atoms with Gasteiger partial charge in [0, 0.05) is 18.0 Å². The van der Waals surface area contributed by atoms with Crippen LogP contribution < -0.4 is 5.32 Å². The molecule has 0 saturated carbocycles. The van der Waals surface area contributed by atoms with Crippen molar-refractivity contribution in [3.05, 3.63) is 42.6 Å². The third-order valence-corrected chi connectivity index (χ3v) is 1.53. The minimum atomic E-state index is -0.337. The Kier molecular flexibility index (Phi) is 4.27. The third kappa shape index (κ3) is 3.76. The molecule has 1 N–H and O–H groups in total. The van der Waals surface area contributed by atoms with Crippen LogP contribution in [0.3, 0.4) is 0 Å². The predicted molar refractivity (Wildman–Crippen MR) is 55.8 cm³/mol. The highest BCUT2D eigenvalue weighted by molar-refractivity contribution is 5.82. The zero-order valence-electron chi connectivity index (χ0n) is 8.07. The monoisotopic (exact) mass is 191 g/mol. The van der Waals surface area contributed by atoms with Crippen LogP contribution in [0.15, 0.2) is 42.6 Å². The van der Waals surface area contributed by atoms with Crippen molar-refractivity contribution in [3.63, 3.8) is 0 Å². The van der Waals surface area contributed by atoms with Gasteiger partial charge in [-0.15, -0.1) is 0 Å². The number of para-hydroxylation sites is 1. The summed E-state index contributed by atoms with van der Waals surface area (Å²) in [5, 5.41) is 2.95. The smallest absolute Gasteiger partial charge is 0.332 e. The first-order valence-electron chi connectivity index (χ1n) is 4.48. The van der Waals surface area contributed by atoms with Crippen molar-refractivity contribution in [1.82, 2.24) is 0 Å². The van der Waals surface area contributed by atoms with Crippen molar-refractivity contribution in [2.45, 2.75) is 6.92 Å². The van der Waals surface area contributed by atoms with Gasteiger partial charge < -0.3 is 10.1 Å². The van der Waals surface area contributed by atoms with Crippen LogP contribution in [0.25, 0.3) is 0 Å². The largest absolute Gasteiger partial charge is 0.463 e. The zero-order chi connectivity index (χ0) is 10.2. The quantitative estimate of drug-likeness (QED) is 0.585. The SMILES string of the molecule is CCOC(=O)/C=C\Nc1ccccc1. The molecule has 0 aliphatic heterocycles. The molecule has 0 bridgehead atoms. The highest BCUT2D eigenvalue weighted by Crippen LogP contribution is 2.04. The molecule has 0 amide bonds. The Hall–Kier alpha value is -1.77. The van der Waals surface area contributed by atoms with Crippen molar-refractivity contribution in [1.29, 1.82) is 0 Å². The molecule has 0 aromatic heterocycles. The van der Waals surface area contributed by atoms with Gasteiger partial charge in [0.15, 0.2) is 0 Å². The number of carbonyl (C=O) groups excluding carboxylic acids is 1. The number of ether oxygens (including phenoxy) is 1. The minimum absolute atomic E-state index is 0.337. The summed E-state index contributed by atoms with van der Waals surface area (Å²) >= 11 is 0. The molecule has 0 atom stereocenters. The van der Waals surface area contributed by atoms with E-state index in [1.807, 2.05) is 30.3 Å². The van der Waals surface area contributed by atoms with Gasteiger partial charge >= 0.3 is 5.97 Å². The Labute approximate surface area is 83.4 Å². The molecule has 0 unspecified atom stereocenters. The molecule has 1 aromatic carbocycles. The van der Waals surface area contributed by atoms with Gasteiger partial charge in [0.1, 0.15) is 0 Å². The highest BCUT2D eigenvalue weighted by Gasteiger charge is 1.91. The minimum Gasteiger partial charge on any atom is -0.463 e. The van der Waals surface area contributed by atoms with Gasteiger partial charge in [-0.2, -0.15) is 0 Å². The Morgan fingerprint density at radius 3 is 2.79 bits per heavy atom. The fraction of sp³-hybridized carbons (Fsp3) is 0.182. The number of carbonyl (C=O) groups is 1. The lowest BCUT2D eigenvalue weighted by atomic mass is 10.3. The van der Waals surface area contributed by atoms with Gasteiger partial charge in [-0.25, -0.2) is 4.79 Å². The first-order valence-corrected chi connectivity index (χ1v) is 4.48. The number of anilines is 1. The molecule has 0 heterocycles. The van der Waals surface area contributed by atoms with E-state index < -0.39 is 0 Å². The summed E-state index contributed by atoms with van der Waals surface area (Å²) in [5.74, 6) is -0.337. The number of esters is 1. The van der Waals surface area contributed by atoms with Crippen LogP contribution in [-0.4, -0.2) is 12.6 Å². The van der Waals surface area contributed by atoms with E-state index in [0.717, 1.165) is 5.69 Å². The van der Waals surface area contributed by atoms with Gasteiger partial charge in [-0.3, -0.25) is 0 Å². The molecule has 74 valence electrons. The molecule has 14 heavy (non-hydrogen) atoms. The summed E-state index contributed by atoms with van der Waals surface area (Å²) in [6.45, 7) is 2.17. The van der Waals surface area contributed by atoms with E-state index in [0.29, 0.717) is 6.61 Å². The van der Waals surface area contributed by atoms with Gasteiger partial charge in [0.05, 0.1) is 6.61 Å². The second-order valence-corrected chi connectivity index (χ2v) is 2.60. The van der Waals surface area contributed by atoms with Crippen molar-refractivity contribution < 1.29 is 9.53 Å².